The lowest BCUT2D eigenvalue weighted by Gasteiger charge is -2.13. The summed E-state index contributed by atoms with van der Waals surface area (Å²) < 4.78 is 40.7. The lowest BCUT2D eigenvalue weighted by atomic mass is 10.2. The molecule has 2 unspecified atom stereocenters. The van der Waals surface area contributed by atoms with Gasteiger partial charge in [-0.1, -0.05) is 0 Å². The normalized spacial score (nSPS) is 24.9. The van der Waals surface area contributed by atoms with Gasteiger partial charge in [-0.3, -0.25) is 4.68 Å². The maximum atomic E-state index is 12.9. The molecule has 6 nitrogen and oxygen atoms in total. The number of nitrogens with zero attached hydrogens (tertiary/aromatic N) is 4. The predicted molar refractivity (Wildman–Crippen MR) is 86.7 cm³/mol. The molecule has 2 fully saturated rings. The Morgan fingerprint density at radius 3 is 2.56 bits per heavy atom. The zero-order valence-electron chi connectivity index (χ0n) is 13.9. The van der Waals surface area contributed by atoms with E-state index in [9.17, 15) is 13.2 Å². The maximum Gasteiger partial charge on any atom is 0.421 e. The van der Waals surface area contributed by atoms with Crippen LogP contribution in [-0.2, 0) is 6.18 Å². The molecule has 0 saturated heterocycles. The number of hydrogen-bond acceptors (Lipinski definition) is 5. The van der Waals surface area contributed by atoms with Crippen molar-refractivity contribution in [3.63, 3.8) is 0 Å². The molecule has 2 heterocycles. The van der Waals surface area contributed by atoms with Gasteiger partial charge in [-0.25, -0.2) is 4.98 Å². The zero-order chi connectivity index (χ0) is 17.8. The van der Waals surface area contributed by atoms with Gasteiger partial charge in [0.2, 0.25) is 5.95 Å². The van der Waals surface area contributed by atoms with Crippen molar-refractivity contribution in [2.75, 3.05) is 17.7 Å². The van der Waals surface area contributed by atoms with Crippen molar-refractivity contribution in [3.05, 3.63) is 23.7 Å². The quantitative estimate of drug-likeness (QED) is 0.877. The third-order valence-corrected chi connectivity index (χ3v) is 5.09. The van der Waals surface area contributed by atoms with Crippen molar-refractivity contribution < 1.29 is 13.2 Å². The second-order valence-corrected chi connectivity index (χ2v) is 6.82. The Balaban J connectivity index is 1.55. The second-order valence-electron chi connectivity index (χ2n) is 6.82. The van der Waals surface area contributed by atoms with E-state index < -0.39 is 11.7 Å². The lowest BCUT2D eigenvalue weighted by Crippen LogP contribution is -2.12. The average Bonchev–Trinajstić information content (AvgIpc) is 2.99. The first-order valence-electron chi connectivity index (χ1n) is 8.30. The van der Waals surface area contributed by atoms with E-state index >= 15 is 0 Å². The van der Waals surface area contributed by atoms with Crippen LogP contribution in [-0.4, -0.2) is 26.8 Å². The molecule has 3 atom stereocenters. The molecule has 0 bridgehead atoms. The fourth-order valence-corrected chi connectivity index (χ4v) is 3.65. The van der Waals surface area contributed by atoms with Gasteiger partial charge in [0.05, 0.1) is 17.4 Å². The Bertz CT molecular complexity index is 790. The predicted octanol–water partition coefficient (Wildman–Crippen LogP) is 3.76. The van der Waals surface area contributed by atoms with Gasteiger partial charge >= 0.3 is 6.18 Å². The van der Waals surface area contributed by atoms with Crippen LogP contribution in [0, 0.1) is 18.8 Å². The first kappa shape index (κ1) is 16.2. The highest BCUT2D eigenvalue weighted by atomic mass is 19.4. The van der Waals surface area contributed by atoms with Crippen LogP contribution in [0.5, 0.6) is 0 Å². The molecular formula is C16H19F3N6. The van der Waals surface area contributed by atoms with Crippen molar-refractivity contribution in [2.24, 2.45) is 11.8 Å². The van der Waals surface area contributed by atoms with Crippen molar-refractivity contribution in [1.82, 2.24) is 19.7 Å². The first-order valence-corrected chi connectivity index (χ1v) is 8.30. The van der Waals surface area contributed by atoms with E-state index in [2.05, 4.69) is 25.7 Å². The Hall–Kier alpha value is -2.32. The number of anilines is 3. The number of nitrogens with one attached hydrogen (secondary N) is 2. The Morgan fingerprint density at radius 2 is 1.92 bits per heavy atom. The average molecular weight is 352 g/mol. The summed E-state index contributed by atoms with van der Waals surface area (Å²) in [5.41, 5.74) is 0.593. The van der Waals surface area contributed by atoms with E-state index in [4.69, 9.17) is 0 Å². The highest BCUT2D eigenvalue weighted by Gasteiger charge is 2.46. The van der Waals surface area contributed by atoms with Crippen LogP contribution in [0.1, 0.15) is 36.6 Å². The Morgan fingerprint density at radius 1 is 1.20 bits per heavy atom. The molecule has 0 spiro atoms. The fraction of sp³-hybridized carbons (Fsp3) is 0.562. The van der Waals surface area contributed by atoms with E-state index in [-0.39, 0.29) is 11.8 Å². The van der Waals surface area contributed by atoms with Crippen molar-refractivity contribution in [1.29, 1.82) is 0 Å². The molecule has 0 aromatic carbocycles. The van der Waals surface area contributed by atoms with Crippen LogP contribution in [0.2, 0.25) is 0 Å². The summed E-state index contributed by atoms with van der Waals surface area (Å²) in [6, 6.07) is 0.416. The molecule has 25 heavy (non-hydrogen) atoms. The van der Waals surface area contributed by atoms with Gasteiger partial charge in [0.15, 0.2) is 0 Å². The number of halogens is 3. The summed E-state index contributed by atoms with van der Waals surface area (Å²) in [5, 5.41) is 10.00. The molecule has 0 amide bonds. The van der Waals surface area contributed by atoms with Gasteiger partial charge in [0.25, 0.3) is 0 Å². The van der Waals surface area contributed by atoms with Crippen LogP contribution in [0.4, 0.5) is 30.6 Å². The molecule has 2 aromatic rings. The zero-order valence-corrected chi connectivity index (χ0v) is 13.9. The SMILES string of the molecule is CNc1nc(Nc2cn(C3CC4C[C@@H]4C3)nc2C)ncc1C(F)(F)F. The van der Waals surface area contributed by atoms with Crippen molar-refractivity contribution >= 4 is 17.5 Å². The topological polar surface area (TPSA) is 67.7 Å². The minimum Gasteiger partial charge on any atom is -0.372 e. The molecule has 0 radical (unpaired) electrons. The fourth-order valence-electron chi connectivity index (χ4n) is 3.65. The van der Waals surface area contributed by atoms with E-state index in [1.165, 1.54) is 13.5 Å². The van der Waals surface area contributed by atoms with Gasteiger partial charge in [0, 0.05) is 19.4 Å². The first-order chi connectivity index (χ1) is 11.8. The third-order valence-electron chi connectivity index (χ3n) is 5.09. The second kappa shape index (κ2) is 5.60. The van der Waals surface area contributed by atoms with Gasteiger partial charge < -0.3 is 10.6 Å². The van der Waals surface area contributed by atoms with Crippen LogP contribution < -0.4 is 10.6 Å². The lowest BCUT2D eigenvalue weighted by molar-refractivity contribution is -0.137. The summed E-state index contributed by atoms with van der Waals surface area (Å²) >= 11 is 0. The summed E-state index contributed by atoms with van der Waals surface area (Å²) in [4.78, 5) is 7.73. The number of hydrogen-bond donors (Lipinski definition) is 2. The van der Waals surface area contributed by atoms with Crippen molar-refractivity contribution in [3.8, 4) is 0 Å². The number of aryl methyl sites for hydroxylation is 1. The molecule has 2 aliphatic rings. The third kappa shape index (κ3) is 3.03. The van der Waals surface area contributed by atoms with Gasteiger partial charge in [-0.15, -0.1) is 0 Å². The van der Waals surface area contributed by atoms with Gasteiger partial charge in [0.1, 0.15) is 11.4 Å². The summed E-state index contributed by atoms with van der Waals surface area (Å²) in [5.74, 6) is 1.55. The summed E-state index contributed by atoms with van der Waals surface area (Å²) in [6.45, 7) is 1.86. The summed E-state index contributed by atoms with van der Waals surface area (Å²) in [7, 11) is 1.40. The Labute approximate surface area is 142 Å². The van der Waals surface area contributed by atoms with E-state index in [1.807, 2.05) is 17.8 Å². The van der Waals surface area contributed by atoms with E-state index in [1.54, 1.807) is 0 Å². The summed E-state index contributed by atoms with van der Waals surface area (Å²) in [6.07, 6.45) is 1.84. The van der Waals surface area contributed by atoms with Crippen molar-refractivity contribution in [2.45, 2.75) is 38.4 Å². The highest BCUT2D eigenvalue weighted by Crippen LogP contribution is 2.55. The Kier molecular flexibility index (Phi) is 3.62. The number of alkyl halides is 3. The molecule has 2 saturated carbocycles. The van der Waals surface area contributed by atoms with Gasteiger partial charge in [-0.2, -0.15) is 23.3 Å². The minimum absolute atomic E-state index is 0.106. The molecule has 4 rings (SSSR count). The minimum atomic E-state index is -4.50. The number of aromatic nitrogens is 4. The molecule has 9 heteroatoms. The standard InChI is InChI=1S/C16H19F3N6/c1-8-13(7-25(24-8)11-4-9-3-10(9)5-11)22-15-21-6-12(16(17,18)19)14(20-2)23-15/h6-7,9-11H,3-5H2,1-2H3,(H2,20,21,22,23)/t9-,10?,11?/m1/s1. The highest BCUT2D eigenvalue weighted by molar-refractivity contribution is 5.57. The van der Waals surface area contributed by atoms with Crippen LogP contribution in [0.3, 0.4) is 0 Å². The molecule has 2 aromatic heterocycles. The largest absolute Gasteiger partial charge is 0.421 e. The van der Waals surface area contributed by atoms with E-state index in [0.717, 1.165) is 36.6 Å². The van der Waals surface area contributed by atoms with Crippen LogP contribution in [0.25, 0.3) is 0 Å². The van der Waals surface area contributed by atoms with Gasteiger partial charge in [-0.05, 0) is 38.0 Å². The number of rotatable bonds is 4. The van der Waals surface area contributed by atoms with Crippen LogP contribution in [0.15, 0.2) is 12.4 Å². The molecule has 134 valence electrons. The molecular weight excluding hydrogens is 333 g/mol. The van der Waals surface area contributed by atoms with E-state index in [0.29, 0.717) is 11.7 Å². The van der Waals surface area contributed by atoms with Crippen LogP contribution >= 0.6 is 0 Å². The molecule has 0 aliphatic heterocycles. The smallest absolute Gasteiger partial charge is 0.372 e. The molecule has 2 aliphatic carbocycles. The maximum absolute atomic E-state index is 12.9. The number of fused-ring (bicyclic) bond motifs is 1. The monoisotopic (exact) mass is 352 g/mol. The molecule has 2 N–H and O–H groups in total.